The van der Waals surface area contributed by atoms with E-state index in [1.807, 2.05) is 6.92 Å². The van der Waals surface area contributed by atoms with E-state index in [0.29, 0.717) is 0 Å². The topological polar surface area (TPSA) is 102 Å². The third-order valence-electron chi connectivity index (χ3n) is 2.29. The Labute approximate surface area is 105 Å². The fraction of sp³-hybridized carbons (Fsp3) is 0.333. The average molecular weight is 252 g/mol. The quantitative estimate of drug-likeness (QED) is 0.372. The number of hydrazone groups is 1. The molecule has 0 saturated heterocycles. The molecule has 0 aliphatic carbocycles. The van der Waals surface area contributed by atoms with E-state index in [0.717, 1.165) is 30.7 Å². The number of phenols is 3. The van der Waals surface area contributed by atoms with Crippen LogP contribution in [0.4, 0.5) is 0 Å². The maximum Gasteiger partial charge on any atom is 0.271 e. The molecule has 1 aromatic carbocycles. The Morgan fingerprint density at radius 2 is 1.83 bits per heavy atom. The van der Waals surface area contributed by atoms with Gasteiger partial charge in [0.25, 0.3) is 5.91 Å². The summed E-state index contributed by atoms with van der Waals surface area (Å²) in [4.78, 5) is 11.6. The number of amides is 1. The minimum absolute atomic E-state index is 0.0100. The van der Waals surface area contributed by atoms with Crippen LogP contribution in [0.1, 0.15) is 37.0 Å². The second-order valence-corrected chi connectivity index (χ2v) is 3.90. The number of hydrogen-bond acceptors (Lipinski definition) is 5. The lowest BCUT2D eigenvalue weighted by Gasteiger charge is -2.05. The molecule has 6 nitrogen and oxygen atoms in total. The highest BCUT2D eigenvalue weighted by molar-refractivity contribution is 5.96. The standard InChI is InChI=1S/C12H16N2O4/c1-3-4-7(2)13-14-12(18)8-5-9(15)11(17)10(16)6-8/h5-6,15-17H,3-4H2,1-2H3,(H,14,18). The van der Waals surface area contributed by atoms with E-state index in [1.165, 1.54) is 0 Å². The molecular weight excluding hydrogens is 236 g/mol. The van der Waals surface area contributed by atoms with Gasteiger partial charge in [0.2, 0.25) is 0 Å². The van der Waals surface area contributed by atoms with E-state index in [2.05, 4.69) is 10.5 Å². The lowest BCUT2D eigenvalue weighted by Crippen LogP contribution is -2.18. The minimum atomic E-state index is -0.655. The van der Waals surface area contributed by atoms with Gasteiger partial charge in [-0.1, -0.05) is 13.3 Å². The van der Waals surface area contributed by atoms with Crippen molar-refractivity contribution >= 4 is 11.6 Å². The van der Waals surface area contributed by atoms with Gasteiger partial charge in [-0.15, -0.1) is 0 Å². The molecular formula is C12H16N2O4. The van der Waals surface area contributed by atoms with Gasteiger partial charge in [0.05, 0.1) is 0 Å². The number of hydrogen-bond donors (Lipinski definition) is 4. The van der Waals surface area contributed by atoms with Crippen molar-refractivity contribution in [1.29, 1.82) is 0 Å². The van der Waals surface area contributed by atoms with Crippen LogP contribution in [0.5, 0.6) is 17.2 Å². The summed E-state index contributed by atoms with van der Waals surface area (Å²) < 4.78 is 0. The molecule has 6 heteroatoms. The Hall–Kier alpha value is -2.24. The van der Waals surface area contributed by atoms with Crippen LogP contribution in [0.2, 0.25) is 0 Å². The van der Waals surface area contributed by atoms with Crippen molar-refractivity contribution in [3.63, 3.8) is 0 Å². The first-order valence-corrected chi connectivity index (χ1v) is 5.54. The first-order chi connectivity index (χ1) is 8.45. The molecule has 1 amide bonds. The van der Waals surface area contributed by atoms with Crippen LogP contribution in [0.15, 0.2) is 17.2 Å². The molecule has 0 aliphatic rings. The van der Waals surface area contributed by atoms with Gasteiger partial charge in [-0.05, 0) is 25.5 Å². The van der Waals surface area contributed by atoms with Gasteiger partial charge in [0.15, 0.2) is 17.2 Å². The molecule has 0 bridgehead atoms. The third kappa shape index (κ3) is 3.38. The van der Waals surface area contributed by atoms with E-state index in [1.54, 1.807) is 6.92 Å². The SMILES string of the molecule is CCCC(C)=NNC(=O)c1cc(O)c(O)c(O)c1. The smallest absolute Gasteiger partial charge is 0.271 e. The van der Waals surface area contributed by atoms with E-state index in [4.69, 9.17) is 5.11 Å². The van der Waals surface area contributed by atoms with Gasteiger partial charge >= 0.3 is 0 Å². The maximum atomic E-state index is 11.6. The van der Waals surface area contributed by atoms with Crippen molar-refractivity contribution in [2.24, 2.45) is 5.10 Å². The highest BCUT2D eigenvalue weighted by Gasteiger charge is 2.12. The van der Waals surface area contributed by atoms with Crippen LogP contribution in [-0.4, -0.2) is 26.9 Å². The van der Waals surface area contributed by atoms with E-state index < -0.39 is 23.2 Å². The lowest BCUT2D eigenvalue weighted by molar-refractivity contribution is 0.0954. The van der Waals surface area contributed by atoms with Crippen molar-refractivity contribution in [2.75, 3.05) is 0 Å². The Bertz CT molecular complexity index is 460. The van der Waals surface area contributed by atoms with Crippen molar-refractivity contribution < 1.29 is 20.1 Å². The average Bonchev–Trinajstić information content (AvgIpc) is 2.32. The number of benzene rings is 1. The number of carbonyl (C=O) groups excluding carboxylic acids is 1. The maximum absolute atomic E-state index is 11.6. The Balaban J connectivity index is 2.82. The summed E-state index contributed by atoms with van der Waals surface area (Å²) in [6, 6.07) is 2.10. The molecule has 0 saturated carbocycles. The first kappa shape index (κ1) is 13.8. The largest absolute Gasteiger partial charge is 0.504 e. The van der Waals surface area contributed by atoms with Crippen molar-refractivity contribution in [3.8, 4) is 17.2 Å². The molecule has 0 spiro atoms. The monoisotopic (exact) mass is 252 g/mol. The molecule has 0 fully saturated rings. The summed E-state index contributed by atoms with van der Waals surface area (Å²) in [7, 11) is 0. The molecule has 0 aromatic heterocycles. The number of aromatic hydroxyl groups is 3. The fourth-order valence-electron chi connectivity index (χ4n) is 1.36. The summed E-state index contributed by atoms with van der Waals surface area (Å²) >= 11 is 0. The summed E-state index contributed by atoms with van der Waals surface area (Å²) in [6.45, 7) is 3.78. The highest BCUT2D eigenvalue weighted by Crippen LogP contribution is 2.35. The van der Waals surface area contributed by atoms with Crippen LogP contribution in [0, 0.1) is 0 Å². The Kier molecular flexibility index (Phi) is 4.53. The van der Waals surface area contributed by atoms with E-state index in [-0.39, 0.29) is 5.56 Å². The summed E-state index contributed by atoms with van der Waals surface area (Å²) in [5.74, 6) is -2.35. The first-order valence-electron chi connectivity index (χ1n) is 5.54. The summed E-state index contributed by atoms with van der Waals surface area (Å²) in [5, 5.41) is 31.5. The molecule has 0 aliphatic heterocycles. The lowest BCUT2D eigenvalue weighted by atomic mass is 10.2. The van der Waals surface area contributed by atoms with Crippen molar-refractivity contribution in [1.82, 2.24) is 5.43 Å². The van der Waals surface area contributed by atoms with Crippen LogP contribution in [0.25, 0.3) is 0 Å². The zero-order valence-electron chi connectivity index (χ0n) is 10.3. The minimum Gasteiger partial charge on any atom is -0.504 e. The van der Waals surface area contributed by atoms with Crippen molar-refractivity contribution in [3.05, 3.63) is 17.7 Å². The number of rotatable bonds is 4. The number of nitrogens with one attached hydrogen (secondary N) is 1. The molecule has 98 valence electrons. The van der Waals surface area contributed by atoms with Crippen LogP contribution in [0.3, 0.4) is 0 Å². The number of carbonyl (C=O) groups is 1. The predicted octanol–water partition coefficient (Wildman–Crippen LogP) is 1.71. The molecule has 0 unspecified atom stereocenters. The van der Waals surface area contributed by atoms with Crippen LogP contribution in [-0.2, 0) is 0 Å². The second-order valence-electron chi connectivity index (χ2n) is 3.90. The summed E-state index contributed by atoms with van der Waals surface area (Å²) in [6.07, 6.45) is 1.69. The van der Waals surface area contributed by atoms with Crippen LogP contribution >= 0.6 is 0 Å². The van der Waals surface area contributed by atoms with Crippen LogP contribution < -0.4 is 5.43 Å². The van der Waals surface area contributed by atoms with Gasteiger partial charge in [-0.2, -0.15) is 5.10 Å². The zero-order valence-corrected chi connectivity index (χ0v) is 10.3. The normalized spacial score (nSPS) is 11.3. The number of nitrogens with zero attached hydrogens (tertiary/aromatic N) is 1. The molecule has 0 heterocycles. The van der Waals surface area contributed by atoms with E-state index in [9.17, 15) is 15.0 Å². The van der Waals surface area contributed by atoms with Gasteiger partial charge in [0, 0.05) is 11.3 Å². The highest BCUT2D eigenvalue weighted by atomic mass is 16.3. The van der Waals surface area contributed by atoms with E-state index >= 15 is 0 Å². The molecule has 18 heavy (non-hydrogen) atoms. The van der Waals surface area contributed by atoms with Gasteiger partial charge in [-0.25, -0.2) is 5.43 Å². The second kappa shape index (κ2) is 5.90. The fourth-order valence-corrected chi connectivity index (χ4v) is 1.36. The Morgan fingerprint density at radius 1 is 1.28 bits per heavy atom. The zero-order chi connectivity index (χ0) is 13.7. The van der Waals surface area contributed by atoms with Gasteiger partial charge < -0.3 is 15.3 Å². The molecule has 0 atom stereocenters. The van der Waals surface area contributed by atoms with Gasteiger partial charge in [-0.3, -0.25) is 4.79 Å². The Morgan fingerprint density at radius 3 is 2.33 bits per heavy atom. The molecule has 4 N–H and O–H groups in total. The molecule has 1 aromatic rings. The predicted molar refractivity (Wildman–Crippen MR) is 66.9 cm³/mol. The third-order valence-corrected chi connectivity index (χ3v) is 2.29. The van der Waals surface area contributed by atoms with Gasteiger partial charge in [0.1, 0.15) is 0 Å². The van der Waals surface area contributed by atoms with Crippen molar-refractivity contribution in [2.45, 2.75) is 26.7 Å². The molecule has 1 rings (SSSR count). The summed E-state index contributed by atoms with van der Waals surface area (Å²) in [5.41, 5.74) is 3.09. The number of phenolic OH excluding ortho intramolecular Hbond substituents is 3. The molecule has 0 radical (unpaired) electrons.